The largest absolute Gasteiger partial charge is 0.378 e. The Kier molecular flexibility index (Phi) is 6.94. The second-order valence-corrected chi connectivity index (χ2v) is 7.21. The van der Waals surface area contributed by atoms with Crippen LogP contribution in [0.1, 0.15) is 33.1 Å². The molecule has 3 heterocycles. The summed E-state index contributed by atoms with van der Waals surface area (Å²) in [5.74, 6) is 0.896. The maximum absolute atomic E-state index is 5.89. The van der Waals surface area contributed by atoms with Crippen LogP contribution in [-0.2, 0) is 9.47 Å². The maximum atomic E-state index is 5.89. The molecule has 3 aliphatic heterocycles. The van der Waals surface area contributed by atoms with Gasteiger partial charge in [0.1, 0.15) is 0 Å². The molecule has 0 aromatic carbocycles. The van der Waals surface area contributed by atoms with Crippen LogP contribution in [0.15, 0.2) is 4.99 Å². The summed E-state index contributed by atoms with van der Waals surface area (Å²) in [4.78, 5) is 6.83. The molecule has 3 fully saturated rings. The van der Waals surface area contributed by atoms with Crippen LogP contribution < -0.4 is 10.6 Å². The third-order valence-corrected chi connectivity index (χ3v) is 5.14. The Labute approximate surface area is 156 Å². The zero-order valence-electron chi connectivity index (χ0n) is 14.5. The molecule has 0 saturated carbocycles. The van der Waals surface area contributed by atoms with Gasteiger partial charge in [-0.2, -0.15) is 0 Å². The number of halogens is 1. The first-order chi connectivity index (χ1) is 10.6. The average Bonchev–Trinajstić information content (AvgIpc) is 3.10. The Balaban J connectivity index is 0.00000192. The van der Waals surface area contributed by atoms with Crippen LogP contribution >= 0.6 is 24.0 Å². The molecule has 3 unspecified atom stereocenters. The molecular formula is C16H31IN4O2. The molecule has 3 aliphatic rings. The van der Waals surface area contributed by atoms with Gasteiger partial charge in [-0.1, -0.05) is 0 Å². The van der Waals surface area contributed by atoms with Gasteiger partial charge in [0.25, 0.3) is 0 Å². The molecule has 7 heteroatoms. The molecule has 0 spiro atoms. The lowest BCUT2D eigenvalue weighted by Gasteiger charge is -2.42. The Morgan fingerprint density at radius 3 is 2.78 bits per heavy atom. The summed E-state index contributed by atoms with van der Waals surface area (Å²) in [7, 11) is 1.84. The number of hydrogen-bond acceptors (Lipinski definition) is 4. The molecular weight excluding hydrogens is 407 g/mol. The summed E-state index contributed by atoms with van der Waals surface area (Å²) in [6.45, 7) is 9.02. The van der Waals surface area contributed by atoms with Crippen molar-refractivity contribution < 1.29 is 9.47 Å². The van der Waals surface area contributed by atoms with E-state index in [0.29, 0.717) is 18.2 Å². The van der Waals surface area contributed by atoms with E-state index in [-0.39, 0.29) is 29.5 Å². The van der Waals surface area contributed by atoms with E-state index in [1.807, 2.05) is 7.05 Å². The summed E-state index contributed by atoms with van der Waals surface area (Å²) >= 11 is 0. The molecule has 3 saturated heterocycles. The van der Waals surface area contributed by atoms with E-state index in [2.05, 4.69) is 34.4 Å². The minimum Gasteiger partial charge on any atom is -0.378 e. The van der Waals surface area contributed by atoms with Gasteiger partial charge in [0, 0.05) is 32.2 Å². The summed E-state index contributed by atoms with van der Waals surface area (Å²) in [6, 6.07) is 0.421. The number of morpholine rings is 1. The molecule has 0 aromatic rings. The van der Waals surface area contributed by atoms with Crippen molar-refractivity contribution in [3.8, 4) is 0 Å². The number of nitrogens with one attached hydrogen (secondary N) is 2. The van der Waals surface area contributed by atoms with E-state index in [9.17, 15) is 0 Å². The van der Waals surface area contributed by atoms with Gasteiger partial charge in [-0.15, -0.1) is 24.0 Å². The van der Waals surface area contributed by atoms with E-state index in [1.165, 1.54) is 12.8 Å². The van der Waals surface area contributed by atoms with Gasteiger partial charge in [0.15, 0.2) is 5.96 Å². The van der Waals surface area contributed by atoms with Crippen molar-refractivity contribution in [2.75, 3.05) is 39.9 Å². The van der Waals surface area contributed by atoms with Crippen LogP contribution in [0.3, 0.4) is 0 Å². The first-order valence-corrected chi connectivity index (χ1v) is 8.54. The minimum atomic E-state index is 0. The SMILES string of the molecule is CN=C(NCCN1CCOCC1(C)C)NC1CC2CCC1O2.I. The van der Waals surface area contributed by atoms with Gasteiger partial charge in [0.05, 0.1) is 31.5 Å². The fraction of sp³-hybridized carbons (Fsp3) is 0.938. The molecule has 3 rings (SSSR count). The maximum Gasteiger partial charge on any atom is 0.191 e. The van der Waals surface area contributed by atoms with E-state index >= 15 is 0 Å². The number of ether oxygens (including phenoxy) is 2. The predicted octanol–water partition coefficient (Wildman–Crippen LogP) is 1.20. The molecule has 134 valence electrons. The van der Waals surface area contributed by atoms with Gasteiger partial charge in [-0.3, -0.25) is 9.89 Å². The molecule has 6 nitrogen and oxygen atoms in total. The minimum absolute atomic E-state index is 0. The van der Waals surface area contributed by atoms with Crippen molar-refractivity contribution in [2.24, 2.45) is 4.99 Å². The van der Waals surface area contributed by atoms with Crippen LogP contribution in [0, 0.1) is 0 Å². The second-order valence-electron chi connectivity index (χ2n) is 7.21. The highest BCUT2D eigenvalue weighted by Gasteiger charge is 2.41. The topological polar surface area (TPSA) is 58.1 Å². The summed E-state index contributed by atoms with van der Waals surface area (Å²) in [5, 5.41) is 6.97. The van der Waals surface area contributed by atoms with Crippen molar-refractivity contribution in [1.29, 1.82) is 0 Å². The Morgan fingerprint density at radius 1 is 1.35 bits per heavy atom. The van der Waals surface area contributed by atoms with Crippen molar-refractivity contribution in [1.82, 2.24) is 15.5 Å². The number of aliphatic imine (C=N–C) groups is 1. The van der Waals surface area contributed by atoms with E-state index < -0.39 is 0 Å². The highest BCUT2D eigenvalue weighted by Crippen LogP contribution is 2.34. The van der Waals surface area contributed by atoms with Crippen LogP contribution in [0.4, 0.5) is 0 Å². The molecule has 0 amide bonds. The van der Waals surface area contributed by atoms with Crippen LogP contribution in [0.2, 0.25) is 0 Å². The first kappa shape index (κ1) is 19.2. The number of hydrogen-bond donors (Lipinski definition) is 2. The Bertz CT molecular complexity index is 419. The Hall–Kier alpha value is -0.120. The van der Waals surface area contributed by atoms with Crippen LogP contribution in [-0.4, -0.2) is 74.5 Å². The van der Waals surface area contributed by atoms with Crippen molar-refractivity contribution >= 4 is 29.9 Å². The normalized spacial score (nSPS) is 33.3. The van der Waals surface area contributed by atoms with Crippen molar-refractivity contribution in [2.45, 2.75) is 56.9 Å². The highest BCUT2D eigenvalue weighted by atomic mass is 127. The number of fused-ring (bicyclic) bond motifs is 2. The number of rotatable bonds is 4. The molecule has 2 N–H and O–H groups in total. The fourth-order valence-corrected chi connectivity index (χ4v) is 3.77. The van der Waals surface area contributed by atoms with Crippen molar-refractivity contribution in [3.63, 3.8) is 0 Å². The highest BCUT2D eigenvalue weighted by molar-refractivity contribution is 14.0. The smallest absolute Gasteiger partial charge is 0.191 e. The third kappa shape index (κ3) is 4.70. The number of nitrogens with zero attached hydrogens (tertiary/aromatic N) is 2. The third-order valence-electron chi connectivity index (χ3n) is 5.14. The van der Waals surface area contributed by atoms with Crippen molar-refractivity contribution in [3.05, 3.63) is 0 Å². The molecule has 23 heavy (non-hydrogen) atoms. The van der Waals surface area contributed by atoms with Crippen LogP contribution in [0.5, 0.6) is 0 Å². The lowest BCUT2D eigenvalue weighted by atomic mass is 9.96. The standard InChI is InChI=1S/C16H30N4O2.HI/c1-16(2)11-21-9-8-20(16)7-6-18-15(17-3)19-13-10-12-4-5-14(13)22-12;/h12-14H,4-11H2,1-3H3,(H2,17,18,19);1H. The lowest BCUT2D eigenvalue weighted by Crippen LogP contribution is -2.55. The summed E-state index contributed by atoms with van der Waals surface area (Å²) < 4.78 is 11.5. The van der Waals surface area contributed by atoms with Gasteiger partial charge >= 0.3 is 0 Å². The quantitative estimate of drug-likeness (QED) is 0.393. The zero-order chi connectivity index (χ0) is 15.6. The Morgan fingerprint density at radius 2 is 2.17 bits per heavy atom. The van der Waals surface area contributed by atoms with Gasteiger partial charge < -0.3 is 20.1 Å². The van der Waals surface area contributed by atoms with Gasteiger partial charge in [-0.05, 0) is 33.1 Å². The van der Waals surface area contributed by atoms with E-state index in [1.54, 1.807) is 0 Å². The second kappa shape index (κ2) is 8.31. The lowest BCUT2D eigenvalue weighted by molar-refractivity contribution is -0.0496. The van der Waals surface area contributed by atoms with Gasteiger partial charge in [0.2, 0.25) is 0 Å². The molecule has 2 bridgehead atoms. The summed E-state index contributed by atoms with van der Waals surface area (Å²) in [6.07, 6.45) is 4.36. The number of guanidine groups is 1. The summed E-state index contributed by atoms with van der Waals surface area (Å²) in [5.41, 5.74) is 0.120. The predicted molar refractivity (Wildman–Crippen MR) is 103 cm³/mol. The molecule has 0 aliphatic carbocycles. The van der Waals surface area contributed by atoms with E-state index in [4.69, 9.17) is 9.47 Å². The van der Waals surface area contributed by atoms with Gasteiger partial charge in [-0.25, -0.2) is 0 Å². The average molecular weight is 438 g/mol. The fourth-order valence-electron chi connectivity index (χ4n) is 3.77. The van der Waals surface area contributed by atoms with E-state index in [0.717, 1.165) is 45.2 Å². The monoisotopic (exact) mass is 438 g/mol. The first-order valence-electron chi connectivity index (χ1n) is 8.54. The molecule has 3 atom stereocenters. The zero-order valence-corrected chi connectivity index (χ0v) is 16.8. The van der Waals surface area contributed by atoms with Crippen LogP contribution in [0.25, 0.3) is 0 Å². The molecule has 0 aromatic heterocycles. The molecule has 0 radical (unpaired) electrons.